The molecular weight excluding hydrogens is 631 g/mol. The van der Waals surface area contributed by atoms with Crippen LogP contribution in [0.25, 0.3) is 93.0 Å². The van der Waals surface area contributed by atoms with Crippen LogP contribution in [-0.4, -0.2) is 24.5 Å². The number of benzene rings is 6. The van der Waals surface area contributed by atoms with Gasteiger partial charge in [0.25, 0.3) is 0 Å². The van der Waals surface area contributed by atoms with E-state index < -0.39 is 0 Å². The van der Waals surface area contributed by atoms with Crippen LogP contribution in [0.4, 0.5) is 0 Å². The molecule has 0 spiro atoms. The molecule has 0 radical (unpaired) electrons. The van der Waals surface area contributed by atoms with Gasteiger partial charge in [-0.3, -0.25) is 4.98 Å². The average molecular weight is 658 g/mol. The predicted molar refractivity (Wildman–Crippen MR) is 207 cm³/mol. The van der Waals surface area contributed by atoms with Gasteiger partial charge in [0, 0.05) is 59.5 Å². The van der Waals surface area contributed by atoms with Crippen molar-refractivity contribution in [3.63, 3.8) is 0 Å². The summed E-state index contributed by atoms with van der Waals surface area (Å²) in [7, 11) is 0. The third-order valence-corrected chi connectivity index (χ3v) is 10.5. The lowest BCUT2D eigenvalue weighted by Crippen LogP contribution is -2.00. The fraction of sp³-hybridized carbons (Fsp3) is 0. The molecule has 5 nitrogen and oxygen atoms in total. The molecule has 10 rings (SSSR count). The van der Waals surface area contributed by atoms with Gasteiger partial charge in [0.2, 0.25) is 0 Å². The van der Waals surface area contributed by atoms with Gasteiger partial charge in [0.15, 0.2) is 17.5 Å². The first-order chi connectivity index (χ1) is 24.8. The van der Waals surface area contributed by atoms with Crippen LogP contribution in [0.1, 0.15) is 0 Å². The number of hydrogen-bond acceptors (Lipinski definition) is 5. The van der Waals surface area contributed by atoms with Crippen molar-refractivity contribution in [1.82, 2.24) is 24.5 Å². The zero-order chi connectivity index (χ0) is 33.0. The summed E-state index contributed by atoms with van der Waals surface area (Å²) in [5.74, 6) is 1.98. The Kier molecular flexibility index (Phi) is 6.60. The topological polar surface area (TPSA) is 56.5 Å². The summed E-state index contributed by atoms with van der Waals surface area (Å²) in [6.07, 6.45) is 3.84. The van der Waals surface area contributed by atoms with Crippen LogP contribution in [0, 0.1) is 0 Å². The summed E-state index contributed by atoms with van der Waals surface area (Å²) in [5.41, 5.74) is 8.62. The van der Waals surface area contributed by atoms with Crippen molar-refractivity contribution in [3.05, 3.63) is 164 Å². The van der Waals surface area contributed by atoms with Crippen LogP contribution < -0.4 is 0 Å². The zero-order valence-corrected chi connectivity index (χ0v) is 27.5. The molecule has 0 saturated heterocycles. The number of hydrogen-bond donors (Lipinski definition) is 0. The third-order valence-electron chi connectivity index (χ3n) is 9.34. The highest BCUT2D eigenvalue weighted by Gasteiger charge is 2.16. The van der Waals surface area contributed by atoms with Gasteiger partial charge in [0.1, 0.15) is 0 Å². The monoisotopic (exact) mass is 657 g/mol. The number of pyridine rings is 1. The van der Waals surface area contributed by atoms with Crippen LogP contribution in [-0.2, 0) is 0 Å². The number of para-hydroxylation sites is 1. The second-order valence-corrected chi connectivity index (χ2v) is 13.4. The van der Waals surface area contributed by atoms with E-state index in [1.165, 1.54) is 42.1 Å². The van der Waals surface area contributed by atoms with Crippen LogP contribution in [0.15, 0.2) is 164 Å². The SMILES string of the molecule is c1ccc(-c2nc(-c3ccccc3)nc(-c3ccc4sc5ccc(-c6ccc7c(c6)c6ccncc6n7-c6ccccc6)cc5c4c3)n2)cc1. The fourth-order valence-corrected chi connectivity index (χ4v) is 8.00. The van der Waals surface area contributed by atoms with Crippen molar-refractivity contribution < 1.29 is 0 Å². The van der Waals surface area contributed by atoms with Crippen molar-refractivity contribution in [2.24, 2.45) is 0 Å². The maximum absolute atomic E-state index is 4.99. The van der Waals surface area contributed by atoms with E-state index in [2.05, 4.69) is 101 Å². The molecule has 0 bridgehead atoms. The number of nitrogens with zero attached hydrogens (tertiary/aromatic N) is 5. The van der Waals surface area contributed by atoms with Crippen LogP contribution in [0.5, 0.6) is 0 Å². The summed E-state index contributed by atoms with van der Waals surface area (Å²) in [5, 5.41) is 4.81. The molecule has 6 aromatic carbocycles. The van der Waals surface area contributed by atoms with Crippen LogP contribution >= 0.6 is 11.3 Å². The Morgan fingerprint density at radius 1 is 0.400 bits per heavy atom. The first-order valence-corrected chi connectivity index (χ1v) is 17.4. The highest BCUT2D eigenvalue weighted by atomic mass is 32.1. The molecule has 0 aliphatic rings. The minimum atomic E-state index is 0.657. The lowest BCUT2D eigenvalue weighted by atomic mass is 10.0. The Bertz CT molecular complexity index is 2800. The zero-order valence-electron chi connectivity index (χ0n) is 26.7. The smallest absolute Gasteiger partial charge is 0.164 e. The molecule has 4 heterocycles. The number of fused-ring (bicyclic) bond motifs is 6. The van der Waals surface area contributed by atoms with E-state index >= 15 is 0 Å². The Labute approximate surface area is 291 Å². The van der Waals surface area contributed by atoms with Gasteiger partial charge in [-0.15, -0.1) is 11.3 Å². The van der Waals surface area contributed by atoms with Crippen molar-refractivity contribution in [2.75, 3.05) is 0 Å². The van der Waals surface area contributed by atoms with Gasteiger partial charge in [-0.2, -0.15) is 0 Å². The van der Waals surface area contributed by atoms with Gasteiger partial charge in [0.05, 0.1) is 17.2 Å². The molecular formula is C44H27N5S. The summed E-state index contributed by atoms with van der Waals surface area (Å²) < 4.78 is 4.78. The first kappa shape index (κ1) is 28.5. The molecule has 0 aliphatic carbocycles. The number of thiophene rings is 1. The Hall–Kier alpha value is -6.50. The highest BCUT2D eigenvalue weighted by Crippen LogP contribution is 2.40. The summed E-state index contributed by atoms with van der Waals surface area (Å²) in [6.45, 7) is 0. The maximum Gasteiger partial charge on any atom is 0.164 e. The second kappa shape index (κ2) is 11.6. The first-order valence-electron chi connectivity index (χ1n) is 16.5. The molecule has 0 unspecified atom stereocenters. The van der Waals surface area contributed by atoms with E-state index in [0.29, 0.717) is 17.5 Å². The van der Waals surface area contributed by atoms with E-state index in [1.807, 2.05) is 84.4 Å². The molecule has 0 fully saturated rings. The van der Waals surface area contributed by atoms with Crippen LogP contribution in [0.2, 0.25) is 0 Å². The number of aromatic nitrogens is 5. The van der Waals surface area contributed by atoms with E-state index in [9.17, 15) is 0 Å². The summed E-state index contributed by atoms with van der Waals surface area (Å²) in [6, 6.07) is 53.0. The summed E-state index contributed by atoms with van der Waals surface area (Å²) in [4.78, 5) is 19.3. The van der Waals surface area contributed by atoms with Gasteiger partial charge >= 0.3 is 0 Å². The van der Waals surface area contributed by atoms with Gasteiger partial charge < -0.3 is 4.57 Å². The lowest BCUT2D eigenvalue weighted by molar-refractivity contribution is 1.07. The normalized spacial score (nSPS) is 11.6. The van der Waals surface area contributed by atoms with Crippen LogP contribution in [0.3, 0.4) is 0 Å². The molecule has 10 aromatic rings. The molecule has 234 valence electrons. The van der Waals surface area contributed by atoms with E-state index in [-0.39, 0.29) is 0 Å². The van der Waals surface area contributed by atoms with Crippen molar-refractivity contribution in [3.8, 4) is 51.0 Å². The van der Waals surface area contributed by atoms with Gasteiger partial charge in [-0.25, -0.2) is 15.0 Å². The molecule has 50 heavy (non-hydrogen) atoms. The van der Waals surface area contributed by atoms with Gasteiger partial charge in [-0.1, -0.05) is 91.0 Å². The lowest BCUT2D eigenvalue weighted by Gasteiger charge is -2.09. The molecule has 0 atom stereocenters. The Balaban J connectivity index is 1.11. The summed E-state index contributed by atoms with van der Waals surface area (Å²) >= 11 is 1.81. The standard InChI is InChI=1S/C44H27N5S/c1-4-10-28(11-5-1)42-46-43(29-12-6-2-7-13-29)48-44(47-42)32-18-21-41-37(26-32)36-25-31(17-20-40(36)50-41)30-16-19-38-35(24-30)34-22-23-45-27-39(34)49(38)33-14-8-3-9-15-33/h1-27H. The largest absolute Gasteiger partial charge is 0.308 e. The van der Waals surface area contributed by atoms with E-state index in [0.717, 1.165) is 33.4 Å². The Morgan fingerprint density at radius 2 is 0.920 bits per heavy atom. The van der Waals surface area contributed by atoms with Gasteiger partial charge in [-0.05, 0) is 71.8 Å². The second-order valence-electron chi connectivity index (χ2n) is 12.4. The molecule has 6 heteroatoms. The predicted octanol–water partition coefficient (Wildman–Crippen LogP) is 11.4. The third kappa shape index (κ3) is 4.77. The minimum absolute atomic E-state index is 0.657. The molecule has 0 aliphatic heterocycles. The molecule has 0 amide bonds. The number of rotatable bonds is 5. The molecule has 0 N–H and O–H groups in total. The molecule has 0 saturated carbocycles. The van der Waals surface area contributed by atoms with E-state index in [1.54, 1.807) is 0 Å². The Morgan fingerprint density at radius 3 is 1.56 bits per heavy atom. The van der Waals surface area contributed by atoms with E-state index in [4.69, 9.17) is 15.0 Å². The highest BCUT2D eigenvalue weighted by molar-refractivity contribution is 7.25. The molecule has 4 aromatic heterocycles. The van der Waals surface area contributed by atoms with Crippen molar-refractivity contribution in [1.29, 1.82) is 0 Å². The quantitative estimate of drug-likeness (QED) is 0.185. The van der Waals surface area contributed by atoms with Crippen molar-refractivity contribution in [2.45, 2.75) is 0 Å². The maximum atomic E-state index is 4.99. The van der Waals surface area contributed by atoms with Crippen molar-refractivity contribution >= 4 is 53.3 Å². The minimum Gasteiger partial charge on any atom is -0.308 e. The average Bonchev–Trinajstić information content (AvgIpc) is 3.73. The fourth-order valence-electron chi connectivity index (χ4n) is 6.94.